The van der Waals surface area contributed by atoms with E-state index in [-0.39, 0.29) is 12.3 Å². The van der Waals surface area contributed by atoms with Crippen LogP contribution in [0.2, 0.25) is 0 Å². The number of aliphatic carboxylic acids is 1. The van der Waals surface area contributed by atoms with Gasteiger partial charge in [-0.05, 0) is 30.9 Å². The van der Waals surface area contributed by atoms with E-state index in [9.17, 15) is 9.59 Å². The van der Waals surface area contributed by atoms with Gasteiger partial charge in [0.15, 0.2) is 0 Å². The summed E-state index contributed by atoms with van der Waals surface area (Å²) >= 11 is 1.88. The molecule has 0 aromatic rings. The molecule has 1 atom stereocenters. The molecule has 0 spiro atoms. The van der Waals surface area contributed by atoms with Crippen LogP contribution in [0.25, 0.3) is 0 Å². The molecule has 0 aromatic heterocycles. The lowest BCUT2D eigenvalue weighted by Gasteiger charge is -2.27. The molecule has 1 heterocycles. The van der Waals surface area contributed by atoms with Crippen molar-refractivity contribution in [2.24, 2.45) is 5.41 Å². The first kappa shape index (κ1) is 16.3. The Hall–Kier alpha value is -0.710. The number of hydrogen-bond donors (Lipinski definition) is 1. The minimum absolute atomic E-state index is 0.0417. The minimum Gasteiger partial charge on any atom is -0.481 e. The molecule has 0 aromatic carbocycles. The summed E-state index contributed by atoms with van der Waals surface area (Å²) in [7, 11) is 0. The molecule has 0 bridgehead atoms. The van der Waals surface area contributed by atoms with Crippen LogP contribution in [0, 0.1) is 5.41 Å². The Morgan fingerprint density at radius 2 is 1.95 bits per heavy atom. The number of carboxylic acids is 1. The van der Waals surface area contributed by atoms with Crippen molar-refractivity contribution >= 4 is 23.6 Å². The van der Waals surface area contributed by atoms with Crippen LogP contribution >= 0.6 is 11.8 Å². The summed E-state index contributed by atoms with van der Waals surface area (Å²) in [4.78, 5) is 25.0. The third kappa shape index (κ3) is 5.85. The predicted octanol–water partition coefficient (Wildman–Crippen LogP) is 2.62. The number of carbonyl (C=O) groups is 2. The molecule has 1 aliphatic heterocycles. The Balaban J connectivity index is 2.51. The second kappa shape index (κ2) is 7.17. The monoisotopic (exact) mass is 287 g/mol. The van der Waals surface area contributed by atoms with Crippen LogP contribution in [0.5, 0.6) is 0 Å². The van der Waals surface area contributed by atoms with Crippen molar-refractivity contribution in [1.82, 2.24) is 4.90 Å². The standard InChI is InChI=1S/C14H25NO3S/c1-14(2,10-13(17)18)9-12(16)15-7-4-5-11(19-3)6-8-15/h11H,4-10H2,1-3H3,(H,17,18). The highest BCUT2D eigenvalue weighted by atomic mass is 32.2. The van der Waals surface area contributed by atoms with Crippen LogP contribution in [-0.2, 0) is 9.59 Å². The molecule has 1 N–H and O–H groups in total. The van der Waals surface area contributed by atoms with Gasteiger partial charge in [0.2, 0.25) is 5.91 Å². The maximum atomic E-state index is 12.3. The number of hydrogen-bond acceptors (Lipinski definition) is 3. The Labute approximate surface area is 119 Å². The van der Waals surface area contributed by atoms with E-state index in [4.69, 9.17) is 5.11 Å². The van der Waals surface area contributed by atoms with Crippen LogP contribution in [-0.4, -0.2) is 46.5 Å². The van der Waals surface area contributed by atoms with Crippen molar-refractivity contribution < 1.29 is 14.7 Å². The van der Waals surface area contributed by atoms with Gasteiger partial charge >= 0.3 is 5.97 Å². The summed E-state index contributed by atoms with van der Waals surface area (Å²) in [6, 6.07) is 0. The van der Waals surface area contributed by atoms with Crippen molar-refractivity contribution in [2.45, 2.75) is 51.2 Å². The number of carboxylic acid groups (broad SMARTS) is 1. The van der Waals surface area contributed by atoms with Gasteiger partial charge in [-0.2, -0.15) is 11.8 Å². The van der Waals surface area contributed by atoms with Crippen molar-refractivity contribution in [3.05, 3.63) is 0 Å². The Bertz CT molecular complexity index is 331. The van der Waals surface area contributed by atoms with Gasteiger partial charge in [0, 0.05) is 24.8 Å². The van der Waals surface area contributed by atoms with E-state index in [0.717, 1.165) is 25.9 Å². The zero-order chi connectivity index (χ0) is 14.5. The van der Waals surface area contributed by atoms with Gasteiger partial charge in [-0.25, -0.2) is 0 Å². The average Bonchev–Trinajstić information content (AvgIpc) is 2.51. The van der Waals surface area contributed by atoms with Gasteiger partial charge < -0.3 is 10.0 Å². The molecule has 1 saturated heterocycles. The normalized spacial score (nSPS) is 21.0. The average molecular weight is 287 g/mol. The van der Waals surface area contributed by atoms with Gasteiger partial charge in [-0.3, -0.25) is 9.59 Å². The fraction of sp³-hybridized carbons (Fsp3) is 0.857. The fourth-order valence-electron chi connectivity index (χ4n) is 2.54. The fourth-order valence-corrected chi connectivity index (χ4v) is 3.29. The topological polar surface area (TPSA) is 57.6 Å². The van der Waals surface area contributed by atoms with E-state index >= 15 is 0 Å². The Kier molecular flexibility index (Phi) is 6.17. The molecule has 0 radical (unpaired) electrons. The summed E-state index contributed by atoms with van der Waals surface area (Å²) in [5.74, 6) is -0.732. The lowest BCUT2D eigenvalue weighted by Crippen LogP contribution is -2.35. The first-order valence-electron chi connectivity index (χ1n) is 6.86. The molecular formula is C14H25NO3S. The third-order valence-corrected chi connectivity index (χ3v) is 4.76. The molecule has 1 aliphatic rings. The molecule has 1 amide bonds. The SMILES string of the molecule is CSC1CCCN(C(=O)CC(C)(C)CC(=O)O)CC1. The lowest BCUT2D eigenvalue weighted by atomic mass is 9.85. The number of amides is 1. The van der Waals surface area contributed by atoms with Crippen LogP contribution in [0.15, 0.2) is 0 Å². The van der Waals surface area contributed by atoms with E-state index in [1.807, 2.05) is 30.5 Å². The first-order valence-corrected chi connectivity index (χ1v) is 8.15. The van der Waals surface area contributed by atoms with Gasteiger partial charge in [0.1, 0.15) is 0 Å². The molecule has 110 valence electrons. The highest BCUT2D eigenvalue weighted by molar-refractivity contribution is 7.99. The molecule has 0 saturated carbocycles. The smallest absolute Gasteiger partial charge is 0.303 e. The maximum Gasteiger partial charge on any atom is 0.303 e. The van der Waals surface area contributed by atoms with Gasteiger partial charge in [0.25, 0.3) is 0 Å². The zero-order valence-electron chi connectivity index (χ0n) is 12.1. The van der Waals surface area contributed by atoms with Crippen molar-refractivity contribution in [1.29, 1.82) is 0 Å². The highest BCUT2D eigenvalue weighted by Crippen LogP contribution is 2.27. The minimum atomic E-state index is -0.837. The van der Waals surface area contributed by atoms with Crippen LogP contribution in [0.4, 0.5) is 0 Å². The number of thioether (sulfide) groups is 1. The van der Waals surface area contributed by atoms with E-state index in [1.165, 1.54) is 6.42 Å². The molecule has 5 heteroatoms. The predicted molar refractivity (Wildman–Crippen MR) is 78.4 cm³/mol. The zero-order valence-corrected chi connectivity index (χ0v) is 13.0. The molecule has 19 heavy (non-hydrogen) atoms. The molecule has 1 rings (SSSR count). The van der Waals surface area contributed by atoms with Gasteiger partial charge in [0.05, 0.1) is 6.42 Å². The summed E-state index contributed by atoms with van der Waals surface area (Å²) in [6.07, 6.45) is 5.76. The molecule has 0 aliphatic carbocycles. The number of carbonyl (C=O) groups excluding carboxylic acids is 1. The van der Waals surface area contributed by atoms with Crippen LogP contribution in [0.1, 0.15) is 46.0 Å². The van der Waals surface area contributed by atoms with Gasteiger partial charge in [-0.15, -0.1) is 0 Å². The largest absolute Gasteiger partial charge is 0.481 e. The second-order valence-electron chi connectivity index (χ2n) is 6.08. The lowest BCUT2D eigenvalue weighted by molar-refractivity contribution is -0.140. The summed E-state index contributed by atoms with van der Waals surface area (Å²) in [5.41, 5.74) is -0.464. The molecular weight excluding hydrogens is 262 g/mol. The van der Waals surface area contributed by atoms with Crippen LogP contribution in [0.3, 0.4) is 0 Å². The number of likely N-dealkylation sites (tertiary alicyclic amines) is 1. The van der Waals surface area contributed by atoms with Crippen molar-refractivity contribution in [2.75, 3.05) is 19.3 Å². The van der Waals surface area contributed by atoms with E-state index in [1.54, 1.807) is 0 Å². The summed E-state index contributed by atoms with van der Waals surface area (Å²) < 4.78 is 0. The second-order valence-corrected chi connectivity index (χ2v) is 7.22. The van der Waals surface area contributed by atoms with Crippen molar-refractivity contribution in [3.8, 4) is 0 Å². The molecule has 1 unspecified atom stereocenters. The molecule has 1 fully saturated rings. The van der Waals surface area contributed by atoms with E-state index in [0.29, 0.717) is 11.7 Å². The Morgan fingerprint density at radius 3 is 2.53 bits per heavy atom. The number of rotatable bonds is 5. The molecule has 4 nitrogen and oxygen atoms in total. The highest BCUT2D eigenvalue weighted by Gasteiger charge is 2.28. The Morgan fingerprint density at radius 1 is 1.26 bits per heavy atom. The third-order valence-electron chi connectivity index (χ3n) is 3.62. The summed E-state index contributed by atoms with van der Waals surface area (Å²) in [5, 5.41) is 9.51. The van der Waals surface area contributed by atoms with E-state index < -0.39 is 11.4 Å². The number of nitrogens with zero attached hydrogens (tertiary/aromatic N) is 1. The van der Waals surface area contributed by atoms with Gasteiger partial charge in [-0.1, -0.05) is 13.8 Å². The van der Waals surface area contributed by atoms with Crippen molar-refractivity contribution in [3.63, 3.8) is 0 Å². The first-order chi connectivity index (χ1) is 8.84. The maximum absolute atomic E-state index is 12.3. The van der Waals surface area contributed by atoms with Crippen LogP contribution < -0.4 is 0 Å². The van der Waals surface area contributed by atoms with E-state index in [2.05, 4.69) is 6.26 Å². The quantitative estimate of drug-likeness (QED) is 0.844. The summed E-state index contributed by atoms with van der Waals surface area (Å²) in [6.45, 7) is 5.33.